The van der Waals surface area contributed by atoms with Gasteiger partial charge >= 0.3 is 78.9 Å². The summed E-state index contributed by atoms with van der Waals surface area (Å²) in [5.74, 6) is 0. The van der Waals surface area contributed by atoms with Gasteiger partial charge in [0, 0.05) is 0 Å². The molecule has 64 valence electrons. The normalized spacial score (nSPS) is 32.7. The SMILES string of the molecule is C1=C/C2(CC2)CNCC[I-]C/1. The van der Waals surface area contributed by atoms with Crippen LogP contribution in [0.2, 0.25) is 0 Å². The molecule has 0 aromatic rings. The molecule has 1 heterocycles. The van der Waals surface area contributed by atoms with Crippen molar-refractivity contribution in [3.8, 4) is 0 Å². The molecule has 0 unspecified atom stereocenters. The first-order valence-electron chi connectivity index (χ1n) is 4.33. The fourth-order valence-electron chi connectivity index (χ4n) is 1.47. The van der Waals surface area contributed by atoms with Gasteiger partial charge in [0.25, 0.3) is 0 Å². The first-order valence-corrected chi connectivity index (χ1v) is 7.38. The van der Waals surface area contributed by atoms with E-state index in [4.69, 9.17) is 0 Å². The molecular formula is C9H15IN-. The van der Waals surface area contributed by atoms with Crippen LogP contribution < -0.4 is 26.5 Å². The predicted octanol–water partition coefficient (Wildman–Crippen LogP) is -1.98. The zero-order chi connectivity index (χ0) is 7.57. The van der Waals surface area contributed by atoms with Crippen LogP contribution in [0.5, 0.6) is 0 Å². The molecule has 11 heavy (non-hydrogen) atoms. The molecule has 0 saturated heterocycles. The summed E-state index contributed by atoms with van der Waals surface area (Å²) in [6.45, 7) is 2.52. The van der Waals surface area contributed by atoms with E-state index < -0.39 is 0 Å². The van der Waals surface area contributed by atoms with Gasteiger partial charge in [0.05, 0.1) is 0 Å². The minimum atomic E-state index is 0.488. The van der Waals surface area contributed by atoms with Crippen molar-refractivity contribution >= 4 is 0 Å². The summed E-state index contributed by atoms with van der Waals surface area (Å²) >= 11 is 0.488. The molecule has 0 aromatic carbocycles. The Kier molecular flexibility index (Phi) is 2.51. The van der Waals surface area contributed by atoms with Crippen molar-refractivity contribution in [3.63, 3.8) is 0 Å². The van der Waals surface area contributed by atoms with Gasteiger partial charge < -0.3 is 0 Å². The Morgan fingerprint density at radius 3 is 3.09 bits per heavy atom. The topological polar surface area (TPSA) is 12.0 Å². The Morgan fingerprint density at radius 2 is 2.27 bits per heavy atom. The molecule has 2 aliphatic rings. The molecule has 1 spiro atoms. The van der Waals surface area contributed by atoms with E-state index in [1.807, 2.05) is 0 Å². The quantitative estimate of drug-likeness (QED) is 0.304. The summed E-state index contributed by atoms with van der Waals surface area (Å²) in [6.07, 6.45) is 7.77. The summed E-state index contributed by atoms with van der Waals surface area (Å²) in [6, 6.07) is 0. The average molecular weight is 264 g/mol. The van der Waals surface area contributed by atoms with E-state index in [0.717, 1.165) is 0 Å². The van der Waals surface area contributed by atoms with Crippen LogP contribution in [0, 0.1) is 5.41 Å². The van der Waals surface area contributed by atoms with E-state index >= 15 is 0 Å². The number of halogens is 1. The van der Waals surface area contributed by atoms with Gasteiger partial charge in [0.15, 0.2) is 0 Å². The summed E-state index contributed by atoms with van der Waals surface area (Å²) in [7, 11) is 0. The van der Waals surface area contributed by atoms with Gasteiger partial charge in [0.2, 0.25) is 0 Å². The Morgan fingerprint density at radius 1 is 1.36 bits per heavy atom. The predicted molar refractivity (Wildman–Crippen MR) is 43.4 cm³/mol. The van der Waals surface area contributed by atoms with E-state index in [-0.39, 0.29) is 0 Å². The van der Waals surface area contributed by atoms with Crippen molar-refractivity contribution in [2.75, 3.05) is 21.9 Å². The minimum absolute atomic E-state index is 0.488. The number of rotatable bonds is 0. The zero-order valence-electron chi connectivity index (χ0n) is 6.78. The molecule has 2 heteroatoms. The molecular weight excluding hydrogens is 249 g/mol. The van der Waals surface area contributed by atoms with Crippen LogP contribution in [-0.2, 0) is 0 Å². The van der Waals surface area contributed by atoms with Crippen molar-refractivity contribution < 1.29 is 21.2 Å². The Hall–Kier alpha value is 0.430. The molecule has 0 atom stereocenters. The van der Waals surface area contributed by atoms with Gasteiger partial charge in [-0.1, -0.05) is 0 Å². The number of allylic oxidation sites excluding steroid dienone is 1. The van der Waals surface area contributed by atoms with E-state index in [1.165, 1.54) is 34.8 Å². The third kappa shape index (κ3) is 2.18. The van der Waals surface area contributed by atoms with Gasteiger partial charge in [-0.2, -0.15) is 0 Å². The van der Waals surface area contributed by atoms with Crippen LogP contribution >= 0.6 is 0 Å². The van der Waals surface area contributed by atoms with Crippen LogP contribution in [0.25, 0.3) is 0 Å². The van der Waals surface area contributed by atoms with Crippen molar-refractivity contribution in [1.82, 2.24) is 5.32 Å². The van der Waals surface area contributed by atoms with Crippen LogP contribution in [0.15, 0.2) is 12.2 Å². The number of hydrogen-bond acceptors (Lipinski definition) is 1. The second kappa shape index (κ2) is 3.44. The summed E-state index contributed by atoms with van der Waals surface area (Å²) in [5.41, 5.74) is 0.619. The van der Waals surface area contributed by atoms with Gasteiger partial charge in [-0.15, -0.1) is 0 Å². The Balaban J connectivity index is 1.93. The molecule has 1 N–H and O–H groups in total. The Bertz CT molecular complexity index is 161. The molecule has 1 aliphatic carbocycles. The van der Waals surface area contributed by atoms with Gasteiger partial charge in [-0.05, 0) is 0 Å². The molecule has 1 nitrogen and oxygen atoms in total. The van der Waals surface area contributed by atoms with Crippen molar-refractivity contribution in [2.45, 2.75) is 12.8 Å². The average Bonchev–Trinajstić information content (AvgIpc) is 2.70. The maximum atomic E-state index is 3.56. The first kappa shape index (κ1) is 8.05. The zero-order valence-corrected chi connectivity index (χ0v) is 8.93. The van der Waals surface area contributed by atoms with Crippen LogP contribution in [0.3, 0.4) is 0 Å². The van der Waals surface area contributed by atoms with Crippen molar-refractivity contribution in [2.24, 2.45) is 5.41 Å². The standard InChI is InChI=1S/C9H15IN/c1-2-9(3-4-9)8-11-7-6-10-5-1/h1-2,11H,3-8H2/q-1/b2-1+. The van der Waals surface area contributed by atoms with E-state index in [9.17, 15) is 0 Å². The third-order valence-corrected chi connectivity index (χ3v) is 4.88. The number of hydrogen-bond donors (Lipinski definition) is 1. The Labute approximate surface area is 78.9 Å². The van der Waals surface area contributed by atoms with Gasteiger partial charge in [0.1, 0.15) is 0 Å². The van der Waals surface area contributed by atoms with Gasteiger partial charge in [-0.25, -0.2) is 0 Å². The molecule has 0 bridgehead atoms. The molecule has 1 aliphatic heterocycles. The first-order chi connectivity index (χ1) is 5.41. The second-order valence-corrected chi connectivity index (χ2v) is 6.51. The van der Waals surface area contributed by atoms with E-state index in [1.54, 1.807) is 0 Å². The monoisotopic (exact) mass is 264 g/mol. The van der Waals surface area contributed by atoms with Crippen molar-refractivity contribution in [1.29, 1.82) is 0 Å². The fourth-order valence-corrected chi connectivity index (χ4v) is 3.29. The molecule has 1 fully saturated rings. The molecule has 0 aromatic heterocycles. The second-order valence-electron chi connectivity index (χ2n) is 3.47. The van der Waals surface area contributed by atoms with E-state index in [2.05, 4.69) is 17.5 Å². The third-order valence-electron chi connectivity index (χ3n) is 2.44. The summed E-state index contributed by atoms with van der Waals surface area (Å²) < 4.78 is 2.86. The molecule has 0 radical (unpaired) electrons. The van der Waals surface area contributed by atoms with E-state index in [0.29, 0.717) is 26.6 Å². The van der Waals surface area contributed by atoms with Crippen LogP contribution in [0.1, 0.15) is 12.8 Å². The van der Waals surface area contributed by atoms with Gasteiger partial charge in [-0.3, -0.25) is 0 Å². The molecule has 0 amide bonds. The van der Waals surface area contributed by atoms with Crippen LogP contribution in [0.4, 0.5) is 0 Å². The summed E-state index contributed by atoms with van der Waals surface area (Å²) in [4.78, 5) is 0. The summed E-state index contributed by atoms with van der Waals surface area (Å²) in [5, 5.41) is 3.56. The maximum absolute atomic E-state index is 3.56. The molecule has 1 saturated carbocycles. The van der Waals surface area contributed by atoms with Crippen LogP contribution in [-0.4, -0.2) is 21.9 Å². The fraction of sp³-hybridized carbons (Fsp3) is 0.778. The van der Waals surface area contributed by atoms with Crippen molar-refractivity contribution in [3.05, 3.63) is 12.2 Å². The number of alkyl halides is 2. The number of nitrogens with one attached hydrogen (secondary N) is 1. The molecule has 2 rings (SSSR count).